The molecule has 0 aliphatic rings. The standard InChI is InChI=1S/C12H17FN2O/c1-4-14-11(16)15-12(2,3)9-5-7-10(13)8-6-9/h5-8H,4H2,1-3H3,(H2,14,15,16). The monoisotopic (exact) mass is 224 g/mol. The topological polar surface area (TPSA) is 41.1 Å². The summed E-state index contributed by atoms with van der Waals surface area (Å²) in [6.45, 7) is 6.17. The van der Waals surface area contributed by atoms with Gasteiger partial charge in [-0.1, -0.05) is 12.1 Å². The molecule has 0 aliphatic heterocycles. The molecule has 0 atom stereocenters. The molecule has 4 heteroatoms. The maximum absolute atomic E-state index is 12.8. The molecule has 0 saturated carbocycles. The van der Waals surface area contributed by atoms with Crippen molar-refractivity contribution >= 4 is 6.03 Å². The van der Waals surface area contributed by atoms with Crippen molar-refractivity contribution in [2.75, 3.05) is 6.54 Å². The summed E-state index contributed by atoms with van der Waals surface area (Å²) in [5.74, 6) is -0.280. The zero-order valence-corrected chi connectivity index (χ0v) is 9.80. The van der Waals surface area contributed by atoms with Gasteiger partial charge in [-0.3, -0.25) is 0 Å². The number of hydrogen-bond donors (Lipinski definition) is 2. The van der Waals surface area contributed by atoms with Crippen LogP contribution in [-0.2, 0) is 5.54 Å². The minimum absolute atomic E-state index is 0.225. The molecular formula is C12H17FN2O. The van der Waals surface area contributed by atoms with Gasteiger partial charge in [0.05, 0.1) is 5.54 Å². The lowest BCUT2D eigenvalue weighted by Crippen LogP contribution is -2.46. The van der Waals surface area contributed by atoms with Crippen LogP contribution in [0.1, 0.15) is 26.3 Å². The molecule has 0 saturated heterocycles. The van der Waals surface area contributed by atoms with Crippen molar-refractivity contribution in [1.82, 2.24) is 10.6 Å². The van der Waals surface area contributed by atoms with Gasteiger partial charge in [0.15, 0.2) is 0 Å². The van der Waals surface area contributed by atoms with E-state index in [1.165, 1.54) is 12.1 Å². The second-order valence-corrected chi connectivity index (χ2v) is 4.12. The Morgan fingerprint density at radius 3 is 2.38 bits per heavy atom. The van der Waals surface area contributed by atoms with E-state index in [2.05, 4.69) is 10.6 Å². The Balaban J connectivity index is 2.76. The van der Waals surface area contributed by atoms with Crippen molar-refractivity contribution in [2.24, 2.45) is 0 Å². The molecule has 1 aromatic rings. The van der Waals surface area contributed by atoms with Crippen molar-refractivity contribution in [3.63, 3.8) is 0 Å². The lowest BCUT2D eigenvalue weighted by atomic mass is 9.94. The number of rotatable bonds is 3. The van der Waals surface area contributed by atoms with Crippen LogP contribution in [0.4, 0.5) is 9.18 Å². The van der Waals surface area contributed by atoms with Crippen LogP contribution < -0.4 is 10.6 Å². The first kappa shape index (κ1) is 12.5. The largest absolute Gasteiger partial charge is 0.338 e. The van der Waals surface area contributed by atoms with E-state index < -0.39 is 5.54 Å². The Kier molecular flexibility index (Phi) is 3.88. The SMILES string of the molecule is CCNC(=O)NC(C)(C)c1ccc(F)cc1. The van der Waals surface area contributed by atoms with Gasteiger partial charge in [-0.05, 0) is 38.5 Å². The molecule has 0 aromatic heterocycles. The van der Waals surface area contributed by atoms with Crippen LogP contribution in [0.2, 0.25) is 0 Å². The molecule has 88 valence electrons. The average molecular weight is 224 g/mol. The van der Waals surface area contributed by atoms with Gasteiger partial charge in [0.25, 0.3) is 0 Å². The molecule has 16 heavy (non-hydrogen) atoms. The molecule has 0 heterocycles. The number of carbonyl (C=O) groups is 1. The molecule has 0 spiro atoms. The van der Waals surface area contributed by atoms with Crippen LogP contribution in [0.25, 0.3) is 0 Å². The van der Waals surface area contributed by atoms with E-state index in [0.29, 0.717) is 6.54 Å². The molecule has 1 aromatic carbocycles. The van der Waals surface area contributed by atoms with Crippen LogP contribution in [0, 0.1) is 5.82 Å². The molecular weight excluding hydrogens is 207 g/mol. The van der Waals surface area contributed by atoms with Crippen molar-refractivity contribution in [2.45, 2.75) is 26.3 Å². The Labute approximate surface area is 95.0 Å². The van der Waals surface area contributed by atoms with Crippen molar-refractivity contribution in [1.29, 1.82) is 0 Å². The van der Waals surface area contributed by atoms with E-state index in [4.69, 9.17) is 0 Å². The summed E-state index contributed by atoms with van der Waals surface area (Å²) in [6, 6.07) is 5.88. The van der Waals surface area contributed by atoms with Crippen LogP contribution in [-0.4, -0.2) is 12.6 Å². The minimum atomic E-state index is -0.521. The first-order valence-corrected chi connectivity index (χ1v) is 5.28. The van der Waals surface area contributed by atoms with Gasteiger partial charge in [-0.25, -0.2) is 9.18 Å². The zero-order chi connectivity index (χ0) is 12.2. The molecule has 0 radical (unpaired) electrons. The molecule has 0 aliphatic carbocycles. The van der Waals surface area contributed by atoms with E-state index in [0.717, 1.165) is 5.56 Å². The van der Waals surface area contributed by atoms with Crippen LogP contribution in [0.3, 0.4) is 0 Å². The summed E-state index contributed by atoms with van der Waals surface area (Å²) in [5.41, 5.74) is 0.340. The first-order chi connectivity index (χ1) is 7.45. The fraction of sp³-hybridized carbons (Fsp3) is 0.417. The molecule has 0 unspecified atom stereocenters. The highest BCUT2D eigenvalue weighted by Crippen LogP contribution is 2.19. The highest BCUT2D eigenvalue weighted by atomic mass is 19.1. The molecule has 2 amide bonds. The average Bonchev–Trinajstić information content (AvgIpc) is 2.17. The molecule has 3 nitrogen and oxygen atoms in total. The number of amides is 2. The molecule has 1 rings (SSSR count). The molecule has 0 fully saturated rings. The number of nitrogens with one attached hydrogen (secondary N) is 2. The Hall–Kier alpha value is -1.58. The second-order valence-electron chi connectivity index (χ2n) is 4.12. The predicted molar refractivity (Wildman–Crippen MR) is 61.6 cm³/mol. The fourth-order valence-corrected chi connectivity index (χ4v) is 1.43. The number of benzene rings is 1. The fourth-order valence-electron chi connectivity index (χ4n) is 1.43. The lowest BCUT2D eigenvalue weighted by Gasteiger charge is -2.26. The van der Waals surface area contributed by atoms with E-state index >= 15 is 0 Å². The smallest absolute Gasteiger partial charge is 0.315 e. The predicted octanol–water partition coefficient (Wildman–Crippen LogP) is 2.38. The van der Waals surface area contributed by atoms with Crippen molar-refractivity contribution in [3.8, 4) is 0 Å². The minimum Gasteiger partial charge on any atom is -0.338 e. The number of carbonyl (C=O) groups excluding carboxylic acids is 1. The highest BCUT2D eigenvalue weighted by Gasteiger charge is 2.22. The van der Waals surface area contributed by atoms with E-state index in [1.54, 1.807) is 12.1 Å². The lowest BCUT2D eigenvalue weighted by molar-refractivity contribution is 0.230. The number of hydrogen-bond acceptors (Lipinski definition) is 1. The van der Waals surface area contributed by atoms with Gasteiger partial charge < -0.3 is 10.6 Å². The van der Waals surface area contributed by atoms with Gasteiger partial charge in [0.1, 0.15) is 5.82 Å². The van der Waals surface area contributed by atoms with E-state index in [-0.39, 0.29) is 11.8 Å². The number of urea groups is 1. The quantitative estimate of drug-likeness (QED) is 0.813. The normalized spacial score (nSPS) is 11.0. The Morgan fingerprint density at radius 1 is 1.31 bits per heavy atom. The van der Waals surface area contributed by atoms with Gasteiger partial charge in [0.2, 0.25) is 0 Å². The third-order valence-electron chi connectivity index (χ3n) is 2.33. The number of halogens is 1. The summed E-state index contributed by atoms with van der Waals surface area (Å²) in [6.07, 6.45) is 0. The summed E-state index contributed by atoms with van der Waals surface area (Å²) >= 11 is 0. The third kappa shape index (κ3) is 3.22. The Bertz CT molecular complexity index is 360. The second kappa shape index (κ2) is 4.96. The Morgan fingerprint density at radius 2 is 1.88 bits per heavy atom. The maximum Gasteiger partial charge on any atom is 0.315 e. The van der Waals surface area contributed by atoms with Gasteiger partial charge in [0, 0.05) is 6.54 Å². The first-order valence-electron chi connectivity index (χ1n) is 5.28. The zero-order valence-electron chi connectivity index (χ0n) is 9.80. The molecule has 2 N–H and O–H groups in total. The summed E-state index contributed by atoms with van der Waals surface area (Å²) in [4.78, 5) is 11.4. The van der Waals surface area contributed by atoms with Crippen LogP contribution >= 0.6 is 0 Å². The third-order valence-corrected chi connectivity index (χ3v) is 2.33. The summed E-state index contributed by atoms with van der Waals surface area (Å²) in [5, 5.41) is 5.48. The summed E-state index contributed by atoms with van der Waals surface area (Å²) < 4.78 is 12.8. The van der Waals surface area contributed by atoms with Gasteiger partial charge >= 0.3 is 6.03 Å². The van der Waals surface area contributed by atoms with Gasteiger partial charge in [-0.2, -0.15) is 0 Å². The highest BCUT2D eigenvalue weighted by molar-refractivity contribution is 5.74. The van der Waals surface area contributed by atoms with Crippen LogP contribution in [0.15, 0.2) is 24.3 Å². The van der Waals surface area contributed by atoms with E-state index in [1.807, 2.05) is 20.8 Å². The van der Waals surface area contributed by atoms with Crippen LogP contribution in [0.5, 0.6) is 0 Å². The van der Waals surface area contributed by atoms with Crippen molar-refractivity contribution in [3.05, 3.63) is 35.6 Å². The van der Waals surface area contributed by atoms with Gasteiger partial charge in [-0.15, -0.1) is 0 Å². The summed E-state index contributed by atoms with van der Waals surface area (Å²) in [7, 11) is 0. The van der Waals surface area contributed by atoms with E-state index in [9.17, 15) is 9.18 Å². The van der Waals surface area contributed by atoms with Crippen molar-refractivity contribution < 1.29 is 9.18 Å². The molecule has 0 bridgehead atoms. The maximum atomic E-state index is 12.8.